The normalized spacial score (nSPS) is 13.9. The first-order valence-electron chi connectivity index (χ1n) is 25.7. The Morgan fingerprint density at radius 1 is 0.203 bits per heavy atom. The van der Waals surface area contributed by atoms with Crippen molar-refractivity contribution in [3.05, 3.63) is 311 Å². The minimum atomic E-state index is -0.540. The van der Waals surface area contributed by atoms with Crippen LogP contribution in [0, 0.1) is 0 Å². The van der Waals surface area contributed by atoms with Crippen molar-refractivity contribution in [1.29, 1.82) is 0 Å². The van der Waals surface area contributed by atoms with E-state index in [1.165, 1.54) is 99.1 Å². The van der Waals surface area contributed by atoms with Gasteiger partial charge in [0.15, 0.2) is 5.82 Å². The molecule has 3 aliphatic carbocycles. The van der Waals surface area contributed by atoms with Crippen LogP contribution in [0.2, 0.25) is 0 Å². The van der Waals surface area contributed by atoms with E-state index >= 15 is 0 Å². The van der Waals surface area contributed by atoms with Crippen LogP contribution in [0.15, 0.2) is 267 Å². The topological polar surface area (TPSA) is 25.8 Å². The second-order valence-corrected chi connectivity index (χ2v) is 20.2. The lowest BCUT2D eigenvalue weighted by molar-refractivity contribution is 0.633. The summed E-state index contributed by atoms with van der Waals surface area (Å²) in [5.41, 5.74) is 22.0. The largest absolute Gasteiger partial charge is 0.228 e. The van der Waals surface area contributed by atoms with Gasteiger partial charge in [-0.3, -0.25) is 0 Å². The molecule has 74 heavy (non-hydrogen) atoms. The summed E-state index contributed by atoms with van der Waals surface area (Å²) in [4.78, 5) is 10.7. The van der Waals surface area contributed by atoms with Gasteiger partial charge in [0.2, 0.25) is 0 Å². The van der Waals surface area contributed by atoms with E-state index in [9.17, 15) is 0 Å². The Balaban J connectivity index is 0.863. The van der Waals surface area contributed by atoms with Gasteiger partial charge in [0.05, 0.1) is 22.2 Å². The van der Waals surface area contributed by atoms with Gasteiger partial charge < -0.3 is 0 Å². The fourth-order valence-electron chi connectivity index (χ4n) is 13.8. The molecule has 1 aromatic heterocycles. The molecule has 12 aromatic carbocycles. The summed E-state index contributed by atoms with van der Waals surface area (Å²) in [6.45, 7) is 0. The number of aromatic nitrogens is 2. The molecule has 1 heterocycles. The molecule has 0 fully saturated rings. The third kappa shape index (κ3) is 5.49. The van der Waals surface area contributed by atoms with Crippen LogP contribution in [-0.4, -0.2) is 9.97 Å². The minimum Gasteiger partial charge on any atom is -0.228 e. The van der Waals surface area contributed by atoms with E-state index in [1.54, 1.807) is 0 Å². The predicted octanol–water partition coefficient (Wildman–Crippen LogP) is 17.6. The summed E-state index contributed by atoms with van der Waals surface area (Å²) >= 11 is 0. The summed E-state index contributed by atoms with van der Waals surface area (Å²) in [7, 11) is 0. The highest BCUT2D eigenvalue weighted by Crippen LogP contribution is 2.67. The zero-order chi connectivity index (χ0) is 48.5. The monoisotopic (exact) mass is 936 g/mol. The van der Waals surface area contributed by atoms with E-state index in [0.717, 1.165) is 39.2 Å². The minimum absolute atomic E-state index is 0.471. The molecule has 13 aromatic rings. The van der Waals surface area contributed by atoms with E-state index in [4.69, 9.17) is 9.97 Å². The highest BCUT2D eigenvalue weighted by Gasteiger charge is 2.58. The van der Waals surface area contributed by atoms with Crippen LogP contribution in [0.25, 0.3) is 99.6 Å². The number of rotatable bonds is 4. The zero-order valence-electron chi connectivity index (χ0n) is 40.3. The molecule has 342 valence electrons. The highest BCUT2D eigenvalue weighted by molar-refractivity contribution is 6.25. The maximum absolute atomic E-state index is 5.42. The molecular formula is C72H44N2. The van der Waals surface area contributed by atoms with Gasteiger partial charge in [-0.05, 0) is 134 Å². The van der Waals surface area contributed by atoms with Gasteiger partial charge in [0.25, 0.3) is 0 Å². The molecule has 2 spiro atoms. The van der Waals surface area contributed by atoms with Crippen molar-refractivity contribution in [3.63, 3.8) is 0 Å². The first-order valence-corrected chi connectivity index (χ1v) is 25.7. The van der Waals surface area contributed by atoms with Crippen LogP contribution in [-0.2, 0) is 10.8 Å². The second kappa shape index (κ2) is 15.5. The highest BCUT2D eigenvalue weighted by atomic mass is 14.9. The van der Waals surface area contributed by atoms with Gasteiger partial charge in [-0.15, -0.1) is 0 Å². The van der Waals surface area contributed by atoms with Gasteiger partial charge in [-0.2, -0.15) is 0 Å². The van der Waals surface area contributed by atoms with E-state index < -0.39 is 10.8 Å². The molecule has 0 radical (unpaired) electrons. The predicted molar refractivity (Wildman–Crippen MR) is 304 cm³/mol. The number of hydrogen-bond donors (Lipinski definition) is 0. The third-order valence-electron chi connectivity index (χ3n) is 16.8. The third-order valence-corrected chi connectivity index (χ3v) is 16.8. The maximum Gasteiger partial charge on any atom is 0.160 e. The molecule has 16 rings (SSSR count). The molecule has 0 atom stereocenters. The Bertz CT molecular complexity index is 4380. The fourth-order valence-corrected chi connectivity index (χ4v) is 13.8. The van der Waals surface area contributed by atoms with Crippen LogP contribution in [0.3, 0.4) is 0 Å². The zero-order valence-corrected chi connectivity index (χ0v) is 40.3. The van der Waals surface area contributed by atoms with Crippen LogP contribution in [0.1, 0.15) is 44.5 Å². The number of benzene rings is 12. The molecule has 0 aliphatic heterocycles. The van der Waals surface area contributed by atoms with Crippen LogP contribution >= 0.6 is 0 Å². The van der Waals surface area contributed by atoms with Crippen molar-refractivity contribution >= 4 is 32.3 Å². The molecule has 0 bridgehead atoms. The molecule has 2 nitrogen and oxygen atoms in total. The summed E-state index contributed by atoms with van der Waals surface area (Å²) in [6, 6.07) is 99.0. The van der Waals surface area contributed by atoms with Crippen molar-refractivity contribution in [2.45, 2.75) is 10.8 Å². The van der Waals surface area contributed by atoms with E-state index in [0.29, 0.717) is 5.82 Å². The van der Waals surface area contributed by atoms with Crippen LogP contribution < -0.4 is 0 Å². The second-order valence-electron chi connectivity index (χ2n) is 20.2. The van der Waals surface area contributed by atoms with Crippen molar-refractivity contribution in [2.24, 2.45) is 0 Å². The van der Waals surface area contributed by atoms with E-state index in [2.05, 4.69) is 267 Å². The Labute approximate surface area is 429 Å². The first-order chi connectivity index (χ1) is 36.7. The molecule has 0 saturated heterocycles. The van der Waals surface area contributed by atoms with Crippen molar-refractivity contribution in [2.75, 3.05) is 0 Å². The van der Waals surface area contributed by atoms with Gasteiger partial charge in [0, 0.05) is 16.7 Å². The molecule has 3 aliphatic rings. The molecule has 0 unspecified atom stereocenters. The number of nitrogens with zero attached hydrogens (tertiary/aromatic N) is 2. The summed E-state index contributed by atoms with van der Waals surface area (Å²) in [5.74, 6) is 0.691. The lowest BCUT2D eigenvalue weighted by Gasteiger charge is -2.48. The van der Waals surface area contributed by atoms with E-state index in [-0.39, 0.29) is 0 Å². The summed E-state index contributed by atoms with van der Waals surface area (Å²) in [5, 5.41) is 7.47. The smallest absolute Gasteiger partial charge is 0.160 e. The average Bonchev–Trinajstić information content (AvgIpc) is 4.16. The summed E-state index contributed by atoms with van der Waals surface area (Å²) < 4.78 is 0. The number of hydrogen-bond acceptors (Lipinski definition) is 2. The lowest BCUT2D eigenvalue weighted by atomic mass is 9.52. The molecular weight excluding hydrogens is 893 g/mol. The Morgan fingerprint density at radius 2 is 0.581 bits per heavy atom. The van der Waals surface area contributed by atoms with Crippen LogP contribution in [0.5, 0.6) is 0 Å². The Hall–Kier alpha value is -9.50. The van der Waals surface area contributed by atoms with Crippen LogP contribution in [0.4, 0.5) is 0 Å². The van der Waals surface area contributed by atoms with Gasteiger partial charge in [-0.25, -0.2) is 9.97 Å². The fraction of sp³-hybridized carbons (Fsp3) is 0.0278. The molecule has 0 saturated carbocycles. The molecule has 0 N–H and O–H groups in total. The molecule has 0 amide bonds. The lowest BCUT2D eigenvalue weighted by Crippen LogP contribution is -2.43. The average molecular weight is 937 g/mol. The maximum atomic E-state index is 5.42. The first kappa shape index (κ1) is 41.2. The van der Waals surface area contributed by atoms with Crippen molar-refractivity contribution < 1.29 is 0 Å². The van der Waals surface area contributed by atoms with Gasteiger partial charge in [0.1, 0.15) is 0 Å². The quantitative estimate of drug-likeness (QED) is 0.164. The van der Waals surface area contributed by atoms with Crippen molar-refractivity contribution in [1.82, 2.24) is 9.97 Å². The van der Waals surface area contributed by atoms with Crippen molar-refractivity contribution in [3.8, 4) is 67.3 Å². The van der Waals surface area contributed by atoms with Gasteiger partial charge >= 0.3 is 0 Å². The SMILES string of the molecule is c1ccc(-c2cc(-c3ccc4c5ccccc5c5ccccc5c4c3)nc(-c3cccc(-c4ccc5c(c4)-c4ccccc4C54c5ccccc5C5(c6ccccc6-c6ccccc65)c5ccccc54)c3)n2)cc1. The Morgan fingerprint density at radius 3 is 1.14 bits per heavy atom. The standard InChI is InChI=1S/C72H44N2/c1-2-19-45(20-3-1)68-44-69(48-37-39-54-52-25-5-4-23-50(52)51-24-6-7-26-53(51)58(54)43-48)74-70(73-68)49-22-18-21-46(41-49)47-38-40-63-59(42-47)57-29-10-13-32-62(57)72(63)66-35-16-14-33-64(66)71(65-34-15-17-36-67(65)72)60-30-11-8-27-55(60)56-28-9-12-31-61(56)71/h1-44H. The van der Waals surface area contributed by atoms with Gasteiger partial charge in [-0.1, -0.05) is 243 Å². The van der Waals surface area contributed by atoms with E-state index in [1.807, 2.05) is 0 Å². The number of fused-ring (bicyclic) bond motifs is 22. The Kier molecular flexibility index (Phi) is 8.62. The molecule has 2 heteroatoms. The summed E-state index contributed by atoms with van der Waals surface area (Å²) in [6.07, 6.45) is 0.